The van der Waals surface area contributed by atoms with Gasteiger partial charge < -0.3 is 10.6 Å². The summed E-state index contributed by atoms with van der Waals surface area (Å²) in [5.74, 6) is 0. The molecular formula is C12H19N3O2. The Hall–Kier alpha value is -1.78. The summed E-state index contributed by atoms with van der Waals surface area (Å²) in [7, 11) is 1.96. The summed E-state index contributed by atoms with van der Waals surface area (Å²) in [5.41, 5.74) is 7.17. The van der Waals surface area contributed by atoms with Gasteiger partial charge >= 0.3 is 0 Å². The fourth-order valence-corrected chi connectivity index (χ4v) is 1.83. The van der Waals surface area contributed by atoms with Crippen LogP contribution in [0.5, 0.6) is 0 Å². The number of hydrogen-bond donors (Lipinski definition) is 1. The Morgan fingerprint density at radius 1 is 1.53 bits per heavy atom. The first kappa shape index (κ1) is 13.3. The van der Waals surface area contributed by atoms with Gasteiger partial charge in [0, 0.05) is 25.2 Å². The molecule has 17 heavy (non-hydrogen) atoms. The molecule has 1 unspecified atom stereocenters. The predicted octanol–water partition coefficient (Wildman–Crippen LogP) is 2.80. The van der Waals surface area contributed by atoms with Gasteiger partial charge in [-0.05, 0) is 19.4 Å². The minimum Gasteiger partial charge on any atom is -0.397 e. The standard InChI is InChI=1S/C12H19N3O2/c1-4-5-9(2)14(3)12-7-6-10(15(16)17)8-11(12)13/h6-9H,4-5,13H2,1-3H3. The van der Waals surface area contributed by atoms with Gasteiger partial charge in [-0.2, -0.15) is 0 Å². The van der Waals surface area contributed by atoms with E-state index < -0.39 is 4.92 Å². The monoisotopic (exact) mass is 237 g/mol. The Labute approximate surface area is 101 Å². The van der Waals surface area contributed by atoms with Gasteiger partial charge in [0.25, 0.3) is 5.69 Å². The molecule has 5 heteroatoms. The van der Waals surface area contributed by atoms with Gasteiger partial charge in [0.05, 0.1) is 16.3 Å². The maximum Gasteiger partial charge on any atom is 0.271 e. The molecule has 0 aliphatic rings. The number of nitrogen functional groups attached to an aromatic ring is 1. The normalized spacial score (nSPS) is 12.2. The molecule has 0 radical (unpaired) electrons. The summed E-state index contributed by atoms with van der Waals surface area (Å²) in [6, 6.07) is 4.97. The molecule has 0 amide bonds. The van der Waals surface area contributed by atoms with E-state index in [2.05, 4.69) is 18.7 Å². The van der Waals surface area contributed by atoms with Crippen LogP contribution < -0.4 is 10.6 Å². The average molecular weight is 237 g/mol. The van der Waals surface area contributed by atoms with Crippen molar-refractivity contribution in [3.05, 3.63) is 28.3 Å². The molecule has 0 fully saturated rings. The molecule has 1 aromatic rings. The van der Waals surface area contributed by atoms with E-state index in [0.717, 1.165) is 18.5 Å². The molecule has 2 N–H and O–H groups in total. The molecule has 1 rings (SSSR count). The van der Waals surface area contributed by atoms with Crippen molar-refractivity contribution in [2.24, 2.45) is 0 Å². The van der Waals surface area contributed by atoms with E-state index in [0.29, 0.717) is 11.7 Å². The van der Waals surface area contributed by atoms with Crippen molar-refractivity contribution in [3.63, 3.8) is 0 Å². The van der Waals surface area contributed by atoms with Crippen molar-refractivity contribution in [1.29, 1.82) is 0 Å². The molecule has 5 nitrogen and oxygen atoms in total. The number of nitrogens with two attached hydrogens (primary N) is 1. The van der Waals surface area contributed by atoms with Crippen molar-refractivity contribution in [1.82, 2.24) is 0 Å². The highest BCUT2D eigenvalue weighted by atomic mass is 16.6. The van der Waals surface area contributed by atoms with Gasteiger partial charge in [0.1, 0.15) is 0 Å². The smallest absolute Gasteiger partial charge is 0.271 e. The molecule has 0 saturated carbocycles. The van der Waals surface area contributed by atoms with Crippen LogP contribution in [0.25, 0.3) is 0 Å². The third-order valence-electron chi connectivity index (χ3n) is 2.97. The number of rotatable bonds is 5. The van der Waals surface area contributed by atoms with Gasteiger partial charge in [-0.1, -0.05) is 13.3 Å². The lowest BCUT2D eigenvalue weighted by atomic mass is 10.1. The second kappa shape index (κ2) is 5.52. The summed E-state index contributed by atoms with van der Waals surface area (Å²) in [6.07, 6.45) is 2.16. The van der Waals surface area contributed by atoms with Crippen LogP contribution in [0.1, 0.15) is 26.7 Å². The highest BCUT2D eigenvalue weighted by Crippen LogP contribution is 2.28. The molecule has 0 aliphatic carbocycles. The minimum absolute atomic E-state index is 0.0304. The number of nitro groups is 1. The van der Waals surface area contributed by atoms with Gasteiger partial charge in [-0.3, -0.25) is 10.1 Å². The summed E-state index contributed by atoms with van der Waals surface area (Å²) in [5, 5.41) is 10.6. The Bertz CT molecular complexity index is 407. The average Bonchev–Trinajstić information content (AvgIpc) is 2.28. The molecule has 0 bridgehead atoms. The van der Waals surface area contributed by atoms with Gasteiger partial charge in [0.2, 0.25) is 0 Å². The fourth-order valence-electron chi connectivity index (χ4n) is 1.83. The Morgan fingerprint density at radius 2 is 2.18 bits per heavy atom. The topological polar surface area (TPSA) is 72.4 Å². The molecule has 0 aliphatic heterocycles. The predicted molar refractivity (Wildman–Crippen MR) is 70.3 cm³/mol. The van der Waals surface area contributed by atoms with Crippen LogP contribution in [0.4, 0.5) is 17.1 Å². The first-order valence-electron chi connectivity index (χ1n) is 5.74. The van der Waals surface area contributed by atoms with Crippen LogP contribution in [-0.4, -0.2) is 18.0 Å². The zero-order chi connectivity index (χ0) is 13.0. The minimum atomic E-state index is -0.435. The summed E-state index contributed by atoms with van der Waals surface area (Å²) in [6.45, 7) is 4.24. The van der Waals surface area contributed by atoms with E-state index in [-0.39, 0.29) is 5.69 Å². The zero-order valence-electron chi connectivity index (χ0n) is 10.5. The van der Waals surface area contributed by atoms with Crippen molar-refractivity contribution in [2.75, 3.05) is 17.7 Å². The molecule has 1 aromatic carbocycles. The van der Waals surface area contributed by atoms with Crippen molar-refractivity contribution >= 4 is 17.1 Å². The summed E-state index contributed by atoms with van der Waals surface area (Å²) < 4.78 is 0. The number of nitro benzene ring substituents is 1. The van der Waals surface area contributed by atoms with E-state index >= 15 is 0 Å². The first-order valence-corrected chi connectivity index (χ1v) is 5.74. The SMILES string of the molecule is CCCC(C)N(C)c1ccc([N+](=O)[O-])cc1N. The second-order valence-electron chi connectivity index (χ2n) is 4.25. The number of nitrogens with zero attached hydrogens (tertiary/aromatic N) is 2. The van der Waals surface area contributed by atoms with Gasteiger partial charge in [0.15, 0.2) is 0 Å². The zero-order valence-corrected chi connectivity index (χ0v) is 10.5. The molecule has 0 spiro atoms. The lowest BCUT2D eigenvalue weighted by Crippen LogP contribution is -2.29. The van der Waals surface area contributed by atoms with E-state index in [1.165, 1.54) is 12.1 Å². The Balaban J connectivity index is 2.95. The Kier molecular flexibility index (Phi) is 4.31. The van der Waals surface area contributed by atoms with Crippen LogP contribution in [0.3, 0.4) is 0 Å². The molecule has 0 heterocycles. The third kappa shape index (κ3) is 3.09. The molecule has 0 saturated heterocycles. The van der Waals surface area contributed by atoms with Crippen LogP contribution in [0.2, 0.25) is 0 Å². The van der Waals surface area contributed by atoms with Crippen LogP contribution in [0.15, 0.2) is 18.2 Å². The van der Waals surface area contributed by atoms with E-state index in [9.17, 15) is 10.1 Å². The van der Waals surface area contributed by atoms with Gasteiger partial charge in [-0.25, -0.2) is 0 Å². The van der Waals surface area contributed by atoms with Crippen LogP contribution in [0, 0.1) is 10.1 Å². The largest absolute Gasteiger partial charge is 0.397 e. The second-order valence-corrected chi connectivity index (χ2v) is 4.25. The van der Waals surface area contributed by atoms with E-state index in [1.807, 2.05) is 7.05 Å². The highest BCUT2D eigenvalue weighted by molar-refractivity contribution is 5.70. The number of benzene rings is 1. The van der Waals surface area contributed by atoms with Crippen molar-refractivity contribution < 1.29 is 4.92 Å². The lowest BCUT2D eigenvalue weighted by molar-refractivity contribution is -0.384. The number of hydrogen-bond acceptors (Lipinski definition) is 4. The summed E-state index contributed by atoms with van der Waals surface area (Å²) >= 11 is 0. The summed E-state index contributed by atoms with van der Waals surface area (Å²) in [4.78, 5) is 12.2. The maximum atomic E-state index is 10.6. The fraction of sp³-hybridized carbons (Fsp3) is 0.500. The van der Waals surface area contributed by atoms with Crippen molar-refractivity contribution in [2.45, 2.75) is 32.7 Å². The van der Waals surface area contributed by atoms with E-state index in [1.54, 1.807) is 6.07 Å². The molecule has 94 valence electrons. The third-order valence-corrected chi connectivity index (χ3v) is 2.97. The maximum absolute atomic E-state index is 10.6. The van der Waals surface area contributed by atoms with Crippen LogP contribution in [-0.2, 0) is 0 Å². The molecule has 1 atom stereocenters. The highest BCUT2D eigenvalue weighted by Gasteiger charge is 2.14. The number of non-ortho nitro benzene ring substituents is 1. The molecule has 0 aromatic heterocycles. The quantitative estimate of drug-likeness (QED) is 0.485. The Morgan fingerprint density at radius 3 is 2.65 bits per heavy atom. The number of anilines is 2. The van der Waals surface area contributed by atoms with E-state index in [4.69, 9.17) is 5.73 Å². The first-order chi connectivity index (χ1) is 7.97. The molecular weight excluding hydrogens is 218 g/mol. The van der Waals surface area contributed by atoms with Gasteiger partial charge in [-0.15, -0.1) is 0 Å². The van der Waals surface area contributed by atoms with Crippen LogP contribution >= 0.6 is 0 Å². The van der Waals surface area contributed by atoms with Crippen molar-refractivity contribution in [3.8, 4) is 0 Å². The lowest BCUT2D eigenvalue weighted by Gasteiger charge is -2.27.